The second-order valence-electron chi connectivity index (χ2n) is 13.1. The summed E-state index contributed by atoms with van der Waals surface area (Å²) in [5, 5.41) is 12.1. The molecule has 0 bridgehead atoms. The number of hydrogen-bond donors (Lipinski definition) is 1. The summed E-state index contributed by atoms with van der Waals surface area (Å²) in [6.07, 6.45) is 18.6. The first-order chi connectivity index (χ1) is 14.0. The van der Waals surface area contributed by atoms with Crippen LogP contribution in [0.3, 0.4) is 0 Å². The van der Waals surface area contributed by atoms with Gasteiger partial charge in [-0.15, -0.1) is 0 Å². The summed E-state index contributed by atoms with van der Waals surface area (Å²) in [7, 11) is 0. The van der Waals surface area contributed by atoms with Crippen LogP contribution >= 0.6 is 0 Å². The van der Waals surface area contributed by atoms with E-state index in [1.807, 2.05) is 0 Å². The Hall–Kier alpha value is -0.560. The molecule has 1 unspecified atom stereocenters. The molecule has 4 rings (SSSR count). The van der Waals surface area contributed by atoms with Crippen molar-refractivity contribution in [3.05, 3.63) is 23.8 Å². The van der Waals surface area contributed by atoms with Gasteiger partial charge in [-0.1, -0.05) is 64.8 Å². The Kier molecular flexibility index (Phi) is 5.66. The van der Waals surface area contributed by atoms with Crippen LogP contribution in [0.1, 0.15) is 106 Å². The summed E-state index contributed by atoms with van der Waals surface area (Å²) in [6, 6.07) is 0. The zero-order valence-electron chi connectivity index (χ0n) is 20.9. The molecule has 0 saturated heterocycles. The maximum atomic E-state index is 12.1. The fraction of sp³-hybridized carbons (Fsp3) is 0.862. The van der Waals surface area contributed by atoms with Crippen molar-refractivity contribution in [2.24, 2.45) is 45.8 Å². The highest BCUT2D eigenvalue weighted by Gasteiger charge is 2.67. The van der Waals surface area contributed by atoms with Gasteiger partial charge in [0.1, 0.15) is 0 Å². The standard InChI is InChI=1S/C29H48O/c1-20(2)10-8-11-21(3)23-12-13-24-22-14-19-29(30)26(4,5)16-9-17-28(29,7)25(22)15-18-27(23,24)6/h8,10-11,21-25,30H,9,12-19H2,1-7H3/t21-,22+,23-,24+,25+,27-,28-,29?/m1/s1. The van der Waals surface area contributed by atoms with Crippen LogP contribution in [0.15, 0.2) is 23.8 Å². The molecule has 4 fully saturated rings. The van der Waals surface area contributed by atoms with Gasteiger partial charge in [0.15, 0.2) is 0 Å². The largest absolute Gasteiger partial charge is 0.389 e. The summed E-state index contributed by atoms with van der Waals surface area (Å²) in [5.41, 5.74) is 1.59. The lowest BCUT2D eigenvalue weighted by atomic mass is 9.39. The lowest BCUT2D eigenvalue weighted by molar-refractivity contribution is -0.253. The Morgan fingerprint density at radius 3 is 2.33 bits per heavy atom. The molecule has 0 heterocycles. The van der Waals surface area contributed by atoms with Gasteiger partial charge in [0.25, 0.3) is 0 Å². The molecule has 0 spiro atoms. The van der Waals surface area contributed by atoms with Crippen LogP contribution < -0.4 is 0 Å². The zero-order valence-corrected chi connectivity index (χ0v) is 20.9. The molecule has 4 saturated carbocycles. The monoisotopic (exact) mass is 412 g/mol. The number of allylic oxidation sites excluding steroid dienone is 4. The van der Waals surface area contributed by atoms with Crippen molar-refractivity contribution in [2.45, 2.75) is 112 Å². The molecule has 0 radical (unpaired) electrons. The van der Waals surface area contributed by atoms with Gasteiger partial charge >= 0.3 is 0 Å². The Bertz CT molecular complexity index is 712. The van der Waals surface area contributed by atoms with E-state index in [2.05, 4.69) is 66.7 Å². The van der Waals surface area contributed by atoms with E-state index in [0.717, 1.165) is 30.1 Å². The quantitative estimate of drug-likeness (QED) is 0.466. The van der Waals surface area contributed by atoms with Crippen molar-refractivity contribution in [1.82, 2.24) is 0 Å². The smallest absolute Gasteiger partial charge is 0.0754 e. The summed E-state index contributed by atoms with van der Waals surface area (Å²) in [5.74, 6) is 3.91. The fourth-order valence-corrected chi connectivity index (χ4v) is 9.52. The minimum absolute atomic E-state index is 0.0637. The van der Waals surface area contributed by atoms with Crippen molar-refractivity contribution in [1.29, 1.82) is 0 Å². The molecule has 0 amide bonds. The predicted octanol–water partition coefficient (Wildman–Crippen LogP) is 7.94. The molecule has 8 atom stereocenters. The highest BCUT2D eigenvalue weighted by molar-refractivity contribution is 5.18. The van der Waals surface area contributed by atoms with E-state index in [-0.39, 0.29) is 10.8 Å². The molecule has 0 aliphatic heterocycles. The van der Waals surface area contributed by atoms with Gasteiger partial charge in [-0.2, -0.15) is 0 Å². The highest BCUT2D eigenvalue weighted by Crippen LogP contribution is 2.71. The normalized spacial score (nSPS) is 48.5. The molecule has 1 N–H and O–H groups in total. The third-order valence-electron chi connectivity index (χ3n) is 11.2. The van der Waals surface area contributed by atoms with Crippen molar-refractivity contribution < 1.29 is 5.11 Å². The minimum atomic E-state index is -0.467. The first-order valence-corrected chi connectivity index (χ1v) is 13.0. The van der Waals surface area contributed by atoms with E-state index in [4.69, 9.17) is 0 Å². The number of rotatable bonds is 3. The third-order valence-corrected chi connectivity index (χ3v) is 11.2. The first-order valence-electron chi connectivity index (χ1n) is 13.0. The van der Waals surface area contributed by atoms with Crippen molar-refractivity contribution in [2.75, 3.05) is 0 Å². The molecule has 4 aliphatic rings. The van der Waals surface area contributed by atoms with Crippen molar-refractivity contribution >= 4 is 0 Å². The lowest BCUT2D eigenvalue weighted by Crippen LogP contribution is -2.67. The molecule has 4 aliphatic carbocycles. The number of fused-ring (bicyclic) bond motifs is 5. The average Bonchev–Trinajstić information content (AvgIpc) is 3.00. The van der Waals surface area contributed by atoms with Gasteiger partial charge in [-0.05, 0) is 111 Å². The van der Waals surface area contributed by atoms with Gasteiger partial charge in [-0.25, -0.2) is 0 Å². The van der Waals surface area contributed by atoms with Gasteiger partial charge in [0, 0.05) is 0 Å². The van der Waals surface area contributed by atoms with E-state index in [0.29, 0.717) is 11.3 Å². The van der Waals surface area contributed by atoms with Crippen LogP contribution in [0.4, 0.5) is 0 Å². The van der Waals surface area contributed by atoms with Crippen molar-refractivity contribution in [3.8, 4) is 0 Å². The summed E-state index contributed by atoms with van der Waals surface area (Å²) in [4.78, 5) is 0. The van der Waals surface area contributed by atoms with E-state index >= 15 is 0 Å². The molecular formula is C29H48O. The molecular weight excluding hydrogens is 364 g/mol. The molecule has 170 valence electrons. The van der Waals surface area contributed by atoms with Crippen LogP contribution in [0.25, 0.3) is 0 Å². The predicted molar refractivity (Wildman–Crippen MR) is 128 cm³/mol. The van der Waals surface area contributed by atoms with Gasteiger partial charge in [-0.3, -0.25) is 0 Å². The van der Waals surface area contributed by atoms with Crippen LogP contribution in [0.2, 0.25) is 0 Å². The lowest BCUT2D eigenvalue weighted by Gasteiger charge is -2.67. The van der Waals surface area contributed by atoms with Crippen LogP contribution in [-0.2, 0) is 0 Å². The average molecular weight is 413 g/mol. The van der Waals surface area contributed by atoms with Crippen LogP contribution in [-0.4, -0.2) is 10.7 Å². The molecule has 0 aromatic carbocycles. The van der Waals surface area contributed by atoms with E-state index in [9.17, 15) is 5.11 Å². The third kappa shape index (κ3) is 3.12. The first kappa shape index (κ1) is 22.6. The summed E-state index contributed by atoms with van der Waals surface area (Å²) >= 11 is 0. The topological polar surface area (TPSA) is 20.2 Å². The maximum Gasteiger partial charge on any atom is 0.0754 e. The molecule has 1 heteroatoms. The Labute approximate surface area is 186 Å². The van der Waals surface area contributed by atoms with Crippen molar-refractivity contribution in [3.63, 3.8) is 0 Å². The van der Waals surface area contributed by atoms with E-state index in [1.165, 1.54) is 56.9 Å². The van der Waals surface area contributed by atoms with E-state index in [1.54, 1.807) is 0 Å². The van der Waals surface area contributed by atoms with Crippen LogP contribution in [0, 0.1) is 45.8 Å². The van der Waals surface area contributed by atoms with Crippen LogP contribution in [0.5, 0.6) is 0 Å². The Balaban J connectivity index is 1.58. The molecule has 30 heavy (non-hydrogen) atoms. The minimum Gasteiger partial charge on any atom is -0.389 e. The number of hydrogen-bond acceptors (Lipinski definition) is 1. The zero-order chi connectivity index (χ0) is 21.9. The second kappa shape index (κ2) is 7.50. The number of aliphatic hydroxyl groups is 1. The fourth-order valence-electron chi connectivity index (χ4n) is 9.52. The summed E-state index contributed by atoms with van der Waals surface area (Å²) < 4.78 is 0. The van der Waals surface area contributed by atoms with Gasteiger partial charge in [0.05, 0.1) is 5.60 Å². The Morgan fingerprint density at radius 1 is 0.900 bits per heavy atom. The maximum absolute atomic E-state index is 12.1. The molecule has 0 aromatic heterocycles. The molecule has 1 nitrogen and oxygen atoms in total. The van der Waals surface area contributed by atoms with E-state index < -0.39 is 5.60 Å². The second-order valence-corrected chi connectivity index (χ2v) is 13.1. The summed E-state index contributed by atoms with van der Waals surface area (Å²) in [6.45, 7) is 16.7. The van der Waals surface area contributed by atoms with Gasteiger partial charge in [0.2, 0.25) is 0 Å². The van der Waals surface area contributed by atoms with Gasteiger partial charge < -0.3 is 5.11 Å². The highest BCUT2D eigenvalue weighted by atomic mass is 16.3. The Morgan fingerprint density at radius 2 is 1.63 bits per heavy atom. The SMILES string of the molecule is CC(C)=CC=C[C@@H](C)[C@H]1CC[C@H]2[C@@H]3CCC4(O)C(C)(C)CCC[C@]4(C)[C@H]3CC[C@]12C. The molecule has 0 aromatic rings.